The van der Waals surface area contributed by atoms with E-state index in [2.05, 4.69) is 0 Å². The molecule has 0 spiro atoms. The molecule has 5 nitrogen and oxygen atoms in total. The maximum atomic E-state index is 10.9. The van der Waals surface area contributed by atoms with Gasteiger partial charge in [-0.1, -0.05) is 0 Å². The van der Waals surface area contributed by atoms with Crippen molar-refractivity contribution in [3.8, 4) is 5.75 Å². The Morgan fingerprint density at radius 3 is 2.53 bits per heavy atom. The maximum Gasteiger partial charge on any atom is 0.296 e. The van der Waals surface area contributed by atoms with Gasteiger partial charge in [0, 0.05) is 6.07 Å². The summed E-state index contributed by atoms with van der Waals surface area (Å²) >= 11 is 0. The van der Waals surface area contributed by atoms with Gasteiger partial charge in [0.05, 0.1) is 12.3 Å². The molecule has 0 bridgehead atoms. The van der Waals surface area contributed by atoms with E-state index in [-0.39, 0.29) is 10.6 Å². The summed E-state index contributed by atoms with van der Waals surface area (Å²) in [5, 5.41) is 0. The molecule has 84 valence electrons. The Kier molecular flexibility index (Phi) is 3.21. The van der Waals surface area contributed by atoms with Crippen molar-refractivity contribution in [2.45, 2.75) is 18.7 Å². The Bertz CT molecular complexity index is 467. The lowest BCUT2D eigenvalue weighted by Crippen LogP contribution is -2.05. The largest absolute Gasteiger partial charge is 0.494 e. The minimum absolute atomic E-state index is 0.0125. The Balaban J connectivity index is 3.36. The third kappa shape index (κ3) is 2.60. The molecule has 0 heterocycles. The highest BCUT2D eigenvalue weighted by molar-refractivity contribution is 7.86. The van der Waals surface area contributed by atoms with Crippen LogP contribution in [0.15, 0.2) is 17.0 Å². The highest BCUT2D eigenvalue weighted by atomic mass is 32.2. The molecule has 15 heavy (non-hydrogen) atoms. The van der Waals surface area contributed by atoms with Crippen LogP contribution in [-0.2, 0) is 10.1 Å². The zero-order valence-corrected chi connectivity index (χ0v) is 9.34. The van der Waals surface area contributed by atoms with Crippen molar-refractivity contribution in [3.05, 3.63) is 17.7 Å². The third-order valence-electron chi connectivity index (χ3n) is 1.89. The van der Waals surface area contributed by atoms with Gasteiger partial charge in [-0.2, -0.15) is 8.42 Å². The van der Waals surface area contributed by atoms with E-state index in [1.807, 2.05) is 0 Å². The van der Waals surface area contributed by atoms with Crippen molar-refractivity contribution < 1.29 is 17.7 Å². The second-order valence-corrected chi connectivity index (χ2v) is 4.45. The molecule has 0 amide bonds. The van der Waals surface area contributed by atoms with Gasteiger partial charge in [0.2, 0.25) is 0 Å². The lowest BCUT2D eigenvalue weighted by molar-refractivity contribution is 0.337. The van der Waals surface area contributed by atoms with Crippen LogP contribution >= 0.6 is 0 Å². The van der Waals surface area contributed by atoms with Crippen LogP contribution in [0, 0.1) is 6.92 Å². The Morgan fingerprint density at radius 2 is 2.07 bits per heavy atom. The number of aryl methyl sites for hydroxylation is 1. The molecule has 0 atom stereocenters. The molecule has 0 saturated carbocycles. The van der Waals surface area contributed by atoms with Crippen molar-refractivity contribution in [3.63, 3.8) is 0 Å². The van der Waals surface area contributed by atoms with E-state index in [0.29, 0.717) is 12.4 Å². The maximum absolute atomic E-state index is 10.9. The first-order valence-electron chi connectivity index (χ1n) is 4.36. The van der Waals surface area contributed by atoms with Gasteiger partial charge >= 0.3 is 0 Å². The minimum Gasteiger partial charge on any atom is -0.494 e. The molecule has 0 fully saturated rings. The highest BCUT2D eigenvalue weighted by Crippen LogP contribution is 2.27. The van der Waals surface area contributed by atoms with Crippen molar-refractivity contribution >= 4 is 15.8 Å². The topological polar surface area (TPSA) is 89.6 Å². The number of hydrogen-bond donors (Lipinski definition) is 2. The molecule has 0 aliphatic rings. The molecule has 0 aromatic heterocycles. The van der Waals surface area contributed by atoms with Crippen LogP contribution in [-0.4, -0.2) is 19.6 Å². The minimum atomic E-state index is -4.30. The van der Waals surface area contributed by atoms with Gasteiger partial charge in [0.1, 0.15) is 10.6 Å². The summed E-state index contributed by atoms with van der Waals surface area (Å²) in [4.78, 5) is -0.323. The van der Waals surface area contributed by atoms with Gasteiger partial charge in [0.25, 0.3) is 10.1 Å². The van der Waals surface area contributed by atoms with Gasteiger partial charge in [-0.25, -0.2) is 0 Å². The predicted molar refractivity (Wildman–Crippen MR) is 56.6 cm³/mol. The molecule has 0 aliphatic heterocycles. The zero-order valence-electron chi connectivity index (χ0n) is 8.52. The van der Waals surface area contributed by atoms with Crippen molar-refractivity contribution in [2.75, 3.05) is 12.3 Å². The Hall–Kier alpha value is -1.27. The summed E-state index contributed by atoms with van der Waals surface area (Å²) in [7, 11) is -4.30. The van der Waals surface area contributed by atoms with Gasteiger partial charge in [-0.05, 0) is 25.5 Å². The van der Waals surface area contributed by atoms with E-state index >= 15 is 0 Å². The number of nitrogen functional groups attached to an aromatic ring is 1. The van der Waals surface area contributed by atoms with Crippen LogP contribution in [0.5, 0.6) is 5.75 Å². The van der Waals surface area contributed by atoms with Crippen LogP contribution in [0.2, 0.25) is 0 Å². The number of nitrogens with two attached hydrogens (primary N) is 1. The first kappa shape index (κ1) is 11.8. The van der Waals surface area contributed by atoms with Gasteiger partial charge in [0.15, 0.2) is 0 Å². The van der Waals surface area contributed by atoms with Gasteiger partial charge in [-0.15, -0.1) is 0 Å². The van der Waals surface area contributed by atoms with Crippen LogP contribution in [0.4, 0.5) is 5.69 Å². The van der Waals surface area contributed by atoms with Crippen LogP contribution < -0.4 is 10.5 Å². The second-order valence-electron chi connectivity index (χ2n) is 3.06. The first-order valence-corrected chi connectivity index (χ1v) is 5.80. The third-order valence-corrected chi connectivity index (χ3v) is 2.79. The summed E-state index contributed by atoms with van der Waals surface area (Å²) in [6.45, 7) is 3.94. The van der Waals surface area contributed by atoms with Crippen molar-refractivity contribution in [1.29, 1.82) is 0 Å². The van der Waals surface area contributed by atoms with Gasteiger partial charge < -0.3 is 10.5 Å². The van der Waals surface area contributed by atoms with E-state index in [4.69, 9.17) is 15.0 Å². The fourth-order valence-electron chi connectivity index (χ4n) is 1.23. The predicted octanol–water partition coefficient (Wildman–Crippen LogP) is 1.22. The normalized spacial score (nSPS) is 11.4. The number of anilines is 1. The molecule has 0 unspecified atom stereocenters. The summed E-state index contributed by atoms with van der Waals surface area (Å²) in [6, 6.07) is 2.68. The molecule has 1 rings (SSSR count). The van der Waals surface area contributed by atoms with Crippen LogP contribution in [0.1, 0.15) is 12.5 Å². The second kappa shape index (κ2) is 4.08. The molecule has 0 saturated heterocycles. The van der Waals surface area contributed by atoms with E-state index in [1.54, 1.807) is 13.8 Å². The molecule has 0 radical (unpaired) electrons. The number of ether oxygens (including phenoxy) is 1. The SMILES string of the molecule is CCOc1cc(S(=O)(=O)O)c(N)cc1C. The fourth-order valence-corrected chi connectivity index (χ4v) is 1.84. The molecular weight excluding hydrogens is 218 g/mol. The van der Waals surface area contributed by atoms with Crippen molar-refractivity contribution in [2.24, 2.45) is 0 Å². The van der Waals surface area contributed by atoms with Gasteiger partial charge in [-0.3, -0.25) is 4.55 Å². The monoisotopic (exact) mass is 231 g/mol. The smallest absolute Gasteiger partial charge is 0.296 e. The Morgan fingerprint density at radius 1 is 1.47 bits per heavy atom. The van der Waals surface area contributed by atoms with Crippen LogP contribution in [0.3, 0.4) is 0 Å². The zero-order chi connectivity index (χ0) is 11.6. The lowest BCUT2D eigenvalue weighted by atomic mass is 10.2. The first-order chi connectivity index (χ1) is 6.86. The summed E-state index contributed by atoms with van der Waals surface area (Å²) in [6.07, 6.45) is 0. The molecule has 0 aliphatic carbocycles. The van der Waals surface area contributed by atoms with E-state index < -0.39 is 10.1 Å². The van der Waals surface area contributed by atoms with Crippen LogP contribution in [0.25, 0.3) is 0 Å². The molecule has 6 heteroatoms. The number of hydrogen-bond acceptors (Lipinski definition) is 4. The average molecular weight is 231 g/mol. The highest BCUT2D eigenvalue weighted by Gasteiger charge is 2.16. The number of rotatable bonds is 3. The number of benzene rings is 1. The average Bonchev–Trinajstić information content (AvgIpc) is 2.07. The van der Waals surface area contributed by atoms with E-state index in [1.165, 1.54) is 12.1 Å². The fraction of sp³-hybridized carbons (Fsp3) is 0.333. The molecule has 1 aromatic carbocycles. The molecule has 1 aromatic rings. The summed E-state index contributed by atoms with van der Waals surface area (Å²) in [5.41, 5.74) is 6.21. The molecule has 3 N–H and O–H groups in total. The summed E-state index contributed by atoms with van der Waals surface area (Å²) in [5.74, 6) is 0.402. The lowest BCUT2D eigenvalue weighted by Gasteiger charge is -2.10. The van der Waals surface area contributed by atoms with E-state index in [0.717, 1.165) is 5.56 Å². The summed E-state index contributed by atoms with van der Waals surface area (Å²) < 4.78 is 36.0. The Labute approximate surface area is 88.6 Å². The molecular formula is C9H13NO4S. The van der Waals surface area contributed by atoms with Crippen molar-refractivity contribution in [1.82, 2.24) is 0 Å². The van der Waals surface area contributed by atoms with E-state index in [9.17, 15) is 8.42 Å². The standard InChI is InChI=1S/C9H13NO4S/c1-3-14-8-5-9(15(11,12)13)7(10)4-6(8)2/h4-5H,3,10H2,1-2H3,(H,11,12,13). The quantitative estimate of drug-likeness (QED) is 0.603.